The van der Waals surface area contributed by atoms with E-state index in [0.717, 1.165) is 18.5 Å². The summed E-state index contributed by atoms with van der Waals surface area (Å²) in [6.07, 6.45) is 1.02. The first kappa shape index (κ1) is 15.4. The summed E-state index contributed by atoms with van der Waals surface area (Å²) in [5, 5.41) is 3.21. The molecule has 0 saturated heterocycles. The van der Waals surface area contributed by atoms with Gasteiger partial charge in [0.2, 0.25) is 0 Å². The van der Waals surface area contributed by atoms with Crippen LogP contribution >= 0.6 is 0 Å². The van der Waals surface area contributed by atoms with Gasteiger partial charge in [-0.2, -0.15) is 0 Å². The van der Waals surface area contributed by atoms with Gasteiger partial charge in [-0.05, 0) is 61.3 Å². The predicted octanol–water partition coefficient (Wildman–Crippen LogP) is 4.57. The number of hydrogen-bond acceptors (Lipinski definition) is 2. The second-order valence-electron chi connectivity index (χ2n) is 4.99. The molecule has 0 aliphatic heterocycles. The minimum atomic E-state index is -0.348. The molecule has 0 spiro atoms. The Morgan fingerprint density at radius 2 is 1.86 bits per heavy atom. The van der Waals surface area contributed by atoms with E-state index in [1.807, 2.05) is 0 Å². The molecule has 1 N–H and O–H groups in total. The summed E-state index contributed by atoms with van der Waals surface area (Å²) in [6, 6.07) is 9.04. The van der Waals surface area contributed by atoms with Gasteiger partial charge in [0.25, 0.3) is 0 Å². The maximum atomic E-state index is 13.6. The number of ether oxygens (including phenoxy) is 1. The standard InChI is InChI=1S/C17H19F2NO/c1-3-6-20-11-13-8-14(18)10-16(9-13)21-15-4-5-17(19)12(2)7-15/h4-5,7-10,20H,3,6,11H2,1-2H3. The van der Waals surface area contributed by atoms with Crippen molar-refractivity contribution >= 4 is 0 Å². The molecular formula is C17H19F2NO. The van der Waals surface area contributed by atoms with Crippen LogP contribution in [0.15, 0.2) is 36.4 Å². The zero-order valence-corrected chi connectivity index (χ0v) is 12.2. The summed E-state index contributed by atoms with van der Waals surface area (Å²) < 4.78 is 32.4. The van der Waals surface area contributed by atoms with Crippen molar-refractivity contribution in [1.29, 1.82) is 0 Å². The van der Waals surface area contributed by atoms with Crippen LogP contribution in [0.5, 0.6) is 11.5 Å². The van der Waals surface area contributed by atoms with Crippen LogP contribution in [0.3, 0.4) is 0 Å². The molecule has 2 nitrogen and oxygen atoms in total. The molecule has 4 heteroatoms. The van der Waals surface area contributed by atoms with E-state index in [9.17, 15) is 8.78 Å². The van der Waals surface area contributed by atoms with Gasteiger partial charge in [-0.3, -0.25) is 0 Å². The fourth-order valence-electron chi connectivity index (χ4n) is 2.01. The first-order valence-corrected chi connectivity index (χ1v) is 7.02. The number of benzene rings is 2. The van der Waals surface area contributed by atoms with Crippen molar-refractivity contribution in [2.24, 2.45) is 0 Å². The zero-order valence-electron chi connectivity index (χ0n) is 12.2. The molecule has 0 aliphatic carbocycles. The molecule has 0 atom stereocenters. The third kappa shape index (κ3) is 4.53. The average Bonchev–Trinajstić information content (AvgIpc) is 2.43. The molecule has 0 radical (unpaired) electrons. The maximum Gasteiger partial charge on any atom is 0.130 e. The van der Waals surface area contributed by atoms with Gasteiger partial charge in [0.1, 0.15) is 23.1 Å². The van der Waals surface area contributed by atoms with Crippen molar-refractivity contribution in [1.82, 2.24) is 5.32 Å². The SMILES string of the molecule is CCCNCc1cc(F)cc(Oc2ccc(F)c(C)c2)c1. The van der Waals surface area contributed by atoms with Crippen molar-refractivity contribution in [2.45, 2.75) is 26.8 Å². The fourth-order valence-corrected chi connectivity index (χ4v) is 2.01. The number of halogens is 2. The van der Waals surface area contributed by atoms with Crippen molar-refractivity contribution in [3.05, 3.63) is 59.2 Å². The van der Waals surface area contributed by atoms with Crippen molar-refractivity contribution in [2.75, 3.05) is 6.54 Å². The lowest BCUT2D eigenvalue weighted by molar-refractivity contribution is 0.472. The van der Waals surface area contributed by atoms with Crippen molar-refractivity contribution in [3.8, 4) is 11.5 Å². The van der Waals surface area contributed by atoms with E-state index in [1.165, 1.54) is 24.3 Å². The van der Waals surface area contributed by atoms with Gasteiger partial charge in [-0.1, -0.05) is 6.92 Å². The highest BCUT2D eigenvalue weighted by atomic mass is 19.1. The second-order valence-corrected chi connectivity index (χ2v) is 4.99. The highest BCUT2D eigenvalue weighted by Gasteiger charge is 2.05. The zero-order chi connectivity index (χ0) is 15.2. The van der Waals surface area contributed by atoms with Gasteiger partial charge in [0, 0.05) is 12.6 Å². The Bertz CT molecular complexity index is 614. The Balaban J connectivity index is 2.13. The summed E-state index contributed by atoms with van der Waals surface area (Å²) >= 11 is 0. The van der Waals surface area contributed by atoms with Gasteiger partial charge in [-0.15, -0.1) is 0 Å². The highest BCUT2D eigenvalue weighted by molar-refractivity contribution is 5.36. The van der Waals surface area contributed by atoms with Gasteiger partial charge in [-0.25, -0.2) is 8.78 Å². The van der Waals surface area contributed by atoms with Gasteiger partial charge in [0.15, 0.2) is 0 Å². The molecule has 0 saturated carbocycles. The van der Waals surface area contributed by atoms with Crippen LogP contribution in [0.4, 0.5) is 8.78 Å². The van der Waals surface area contributed by atoms with E-state index in [1.54, 1.807) is 19.1 Å². The molecule has 0 heterocycles. The molecule has 112 valence electrons. The van der Waals surface area contributed by atoms with E-state index < -0.39 is 0 Å². The Hall–Kier alpha value is -1.94. The molecule has 0 amide bonds. The third-order valence-electron chi connectivity index (χ3n) is 3.05. The van der Waals surface area contributed by atoms with Gasteiger partial charge in [0.05, 0.1) is 0 Å². The smallest absolute Gasteiger partial charge is 0.130 e. The molecule has 0 aliphatic rings. The quantitative estimate of drug-likeness (QED) is 0.787. The third-order valence-corrected chi connectivity index (χ3v) is 3.05. The lowest BCUT2D eigenvalue weighted by Gasteiger charge is -2.10. The number of hydrogen-bond donors (Lipinski definition) is 1. The molecule has 2 aromatic carbocycles. The van der Waals surface area contributed by atoms with Gasteiger partial charge >= 0.3 is 0 Å². The molecular weight excluding hydrogens is 272 g/mol. The largest absolute Gasteiger partial charge is 0.457 e. The summed E-state index contributed by atoms with van der Waals surface area (Å²) in [7, 11) is 0. The average molecular weight is 291 g/mol. The van der Waals surface area contributed by atoms with Crippen LogP contribution in [0.1, 0.15) is 24.5 Å². The maximum absolute atomic E-state index is 13.6. The van der Waals surface area contributed by atoms with E-state index >= 15 is 0 Å². The van der Waals surface area contributed by atoms with Crippen LogP contribution in [0.2, 0.25) is 0 Å². The molecule has 21 heavy (non-hydrogen) atoms. The van der Waals surface area contributed by atoms with E-state index in [0.29, 0.717) is 23.6 Å². The van der Waals surface area contributed by atoms with Crippen LogP contribution in [0, 0.1) is 18.6 Å². The first-order chi connectivity index (χ1) is 10.1. The van der Waals surface area contributed by atoms with E-state index in [2.05, 4.69) is 12.2 Å². The molecule has 0 bridgehead atoms. The highest BCUT2D eigenvalue weighted by Crippen LogP contribution is 2.25. The lowest BCUT2D eigenvalue weighted by Crippen LogP contribution is -2.13. The Morgan fingerprint density at radius 3 is 2.57 bits per heavy atom. The van der Waals surface area contributed by atoms with Crippen LogP contribution < -0.4 is 10.1 Å². The van der Waals surface area contributed by atoms with Gasteiger partial charge < -0.3 is 10.1 Å². The molecule has 2 rings (SSSR count). The van der Waals surface area contributed by atoms with Crippen LogP contribution in [-0.4, -0.2) is 6.54 Å². The summed E-state index contributed by atoms with van der Waals surface area (Å²) in [5.41, 5.74) is 1.31. The second kappa shape index (κ2) is 7.18. The number of nitrogens with one attached hydrogen (secondary N) is 1. The topological polar surface area (TPSA) is 21.3 Å². The van der Waals surface area contributed by atoms with Crippen LogP contribution in [0.25, 0.3) is 0 Å². The molecule has 0 fully saturated rings. The minimum absolute atomic E-state index is 0.286. The summed E-state index contributed by atoms with van der Waals surface area (Å²) in [5.74, 6) is 0.270. The summed E-state index contributed by atoms with van der Waals surface area (Å²) in [4.78, 5) is 0. The molecule has 0 aromatic heterocycles. The fraction of sp³-hybridized carbons (Fsp3) is 0.294. The number of rotatable bonds is 6. The Kier molecular flexibility index (Phi) is 5.28. The molecule has 2 aromatic rings. The first-order valence-electron chi connectivity index (χ1n) is 7.02. The lowest BCUT2D eigenvalue weighted by atomic mass is 10.2. The molecule has 0 unspecified atom stereocenters. The summed E-state index contributed by atoms with van der Waals surface area (Å²) in [6.45, 7) is 5.20. The minimum Gasteiger partial charge on any atom is -0.457 e. The van der Waals surface area contributed by atoms with Crippen molar-refractivity contribution in [3.63, 3.8) is 0 Å². The van der Waals surface area contributed by atoms with E-state index in [-0.39, 0.29) is 11.6 Å². The van der Waals surface area contributed by atoms with E-state index in [4.69, 9.17) is 4.74 Å². The van der Waals surface area contributed by atoms with Crippen molar-refractivity contribution < 1.29 is 13.5 Å². The Morgan fingerprint density at radius 1 is 1.05 bits per heavy atom. The number of aryl methyl sites for hydroxylation is 1. The monoisotopic (exact) mass is 291 g/mol. The Labute approximate surface area is 123 Å². The predicted molar refractivity (Wildman–Crippen MR) is 79.6 cm³/mol. The van der Waals surface area contributed by atoms with Crippen LogP contribution in [-0.2, 0) is 6.54 Å². The normalized spacial score (nSPS) is 10.7.